The summed E-state index contributed by atoms with van der Waals surface area (Å²) in [5, 5.41) is 8.99. The minimum atomic E-state index is 0.535. The van der Waals surface area contributed by atoms with Gasteiger partial charge in [0.2, 0.25) is 0 Å². The summed E-state index contributed by atoms with van der Waals surface area (Å²) in [6, 6.07) is 9.39. The molecule has 6 heteroatoms. The Balaban J connectivity index is 1.99. The van der Waals surface area contributed by atoms with Crippen molar-refractivity contribution in [2.75, 3.05) is 5.73 Å². The Morgan fingerprint density at radius 2 is 1.95 bits per heavy atom. The zero-order valence-corrected chi connectivity index (χ0v) is 12.0. The zero-order chi connectivity index (χ0) is 13.4. The second kappa shape index (κ2) is 4.96. The van der Waals surface area contributed by atoms with Gasteiger partial charge >= 0.3 is 0 Å². The van der Waals surface area contributed by atoms with Crippen molar-refractivity contribution >= 4 is 51.6 Å². The number of halogens is 2. The van der Waals surface area contributed by atoms with Crippen LogP contribution in [0.5, 0.6) is 0 Å². The number of hydrogen-bond acceptors (Lipinski definition) is 3. The van der Waals surface area contributed by atoms with Crippen LogP contribution in [0.25, 0.3) is 10.9 Å². The summed E-state index contributed by atoms with van der Waals surface area (Å²) >= 11 is 13.4. The van der Waals surface area contributed by atoms with E-state index in [0.29, 0.717) is 15.7 Å². The molecule has 0 unspecified atom stereocenters. The average molecular weight is 310 g/mol. The van der Waals surface area contributed by atoms with Gasteiger partial charge in [0.25, 0.3) is 0 Å². The number of aromatic nitrogens is 2. The quantitative estimate of drug-likeness (QED) is 0.680. The summed E-state index contributed by atoms with van der Waals surface area (Å²) < 4.78 is 0. The first-order valence-electron chi connectivity index (χ1n) is 5.49. The molecule has 0 spiro atoms. The van der Waals surface area contributed by atoms with E-state index in [0.717, 1.165) is 20.7 Å². The predicted molar refractivity (Wildman–Crippen MR) is 81.1 cm³/mol. The fraction of sp³-hybridized carbons (Fsp3) is 0. The van der Waals surface area contributed by atoms with Crippen molar-refractivity contribution < 1.29 is 0 Å². The molecule has 0 aliphatic rings. The van der Waals surface area contributed by atoms with Crippen LogP contribution in [0, 0.1) is 0 Å². The van der Waals surface area contributed by atoms with Crippen LogP contribution < -0.4 is 5.73 Å². The molecule has 1 aromatic heterocycles. The van der Waals surface area contributed by atoms with Crippen molar-refractivity contribution in [2.24, 2.45) is 0 Å². The number of benzene rings is 2. The standard InChI is InChI=1S/C13H9Cl2N3S/c14-9-2-1-8(4-10(9)15)19-13-5-12-7(3-11(13)16)6-17-18-12/h1-6H,16H2,(H,17,18). The summed E-state index contributed by atoms with van der Waals surface area (Å²) in [5.41, 5.74) is 7.71. The summed E-state index contributed by atoms with van der Waals surface area (Å²) in [6.07, 6.45) is 1.75. The van der Waals surface area contributed by atoms with Crippen molar-refractivity contribution in [2.45, 2.75) is 9.79 Å². The molecule has 19 heavy (non-hydrogen) atoms. The van der Waals surface area contributed by atoms with E-state index in [1.165, 1.54) is 11.8 Å². The van der Waals surface area contributed by atoms with E-state index in [1.54, 1.807) is 12.3 Å². The Kier molecular flexibility index (Phi) is 3.31. The van der Waals surface area contributed by atoms with Crippen molar-refractivity contribution in [1.82, 2.24) is 10.2 Å². The molecule has 0 amide bonds. The van der Waals surface area contributed by atoms with Gasteiger partial charge in [-0.3, -0.25) is 5.10 Å². The Hall–Kier alpha value is -1.36. The number of hydrogen-bond donors (Lipinski definition) is 2. The number of anilines is 1. The number of aromatic amines is 1. The van der Waals surface area contributed by atoms with Gasteiger partial charge in [-0.1, -0.05) is 35.0 Å². The molecule has 0 aliphatic heterocycles. The Labute approximate surface area is 124 Å². The van der Waals surface area contributed by atoms with E-state index in [1.807, 2.05) is 24.3 Å². The molecule has 0 atom stereocenters. The smallest absolute Gasteiger partial charge is 0.0663 e. The maximum atomic E-state index is 6.04. The number of nitrogens with zero attached hydrogens (tertiary/aromatic N) is 1. The van der Waals surface area contributed by atoms with Crippen LogP contribution in [0.3, 0.4) is 0 Å². The third-order valence-electron chi connectivity index (χ3n) is 2.69. The second-order valence-electron chi connectivity index (χ2n) is 4.03. The Bertz CT molecular complexity index is 755. The average Bonchev–Trinajstić information content (AvgIpc) is 2.81. The van der Waals surface area contributed by atoms with Crippen LogP contribution in [0.4, 0.5) is 5.69 Å². The number of nitrogens with one attached hydrogen (secondary N) is 1. The first kappa shape index (κ1) is 12.7. The van der Waals surface area contributed by atoms with Crippen LogP contribution in [0.15, 0.2) is 46.3 Å². The summed E-state index contributed by atoms with van der Waals surface area (Å²) in [5.74, 6) is 0. The lowest BCUT2D eigenvalue weighted by Gasteiger charge is -2.06. The fourth-order valence-corrected chi connectivity index (χ4v) is 3.03. The SMILES string of the molecule is Nc1cc2cn[nH]c2cc1Sc1ccc(Cl)c(Cl)c1. The Morgan fingerprint density at radius 1 is 1.11 bits per heavy atom. The number of fused-ring (bicyclic) bond motifs is 1. The topological polar surface area (TPSA) is 54.7 Å². The largest absolute Gasteiger partial charge is 0.398 e. The molecule has 0 fully saturated rings. The van der Waals surface area contributed by atoms with E-state index in [9.17, 15) is 0 Å². The first-order valence-corrected chi connectivity index (χ1v) is 7.06. The summed E-state index contributed by atoms with van der Waals surface area (Å²) in [7, 11) is 0. The van der Waals surface area contributed by atoms with Gasteiger partial charge in [0.1, 0.15) is 0 Å². The molecule has 0 aliphatic carbocycles. The van der Waals surface area contributed by atoms with Crippen LogP contribution in [0.1, 0.15) is 0 Å². The van der Waals surface area contributed by atoms with Crippen LogP contribution in [-0.4, -0.2) is 10.2 Å². The van der Waals surface area contributed by atoms with Crippen LogP contribution in [-0.2, 0) is 0 Å². The molecule has 96 valence electrons. The van der Waals surface area contributed by atoms with Gasteiger partial charge in [0, 0.05) is 20.9 Å². The van der Waals surface area contributed by atoms with E-state index >= 15 is 0 Å². The third kappa shape index (κ3) is 2.52. The molecule has 1 heterocycles. The van der Waals surface area contributed by atoms with Gasteiger partial charge in [-0.15, -0.1) is 0 Å². The van der Waals surface area contributed by atoms with E-state index in [-0.39, 0.29) is 0 Å². The highest BCUT2D eigenvalue weighted by molar-refractivity contribution is 7.99. The van der Waals surface area contributed by atoms with Gasteiger partial charge in [-0.25, -0.2) is 0 Å². The molecule has 3 aromatic rings. The van der Waals surface area contributed by atoms with Crippen molar-refractivity contribution in [3.8, 4) is 0 Å². The van der Waals surface area contributed by atoms with Crippen LogP contribution >= 0.6 is 35.0 Å². The number of nitrogen functional groups attached to an aromatic ring is 1. The molecular formula is C13H9Cl2N3S. The van der Waals surface area contributed by atoms with E-state index < -0.39 is 0 Å². The maximum absolute atomic E-state index is 6.04. The summed E-state index contributed by atoms with van der Waals surface area (Å²) in [4.78, 5) is 1.94. The molecule has 3 rings (SSSR count). The molecule has 0 bridgehead atoms. The van der Waals surface area contributed by atoms with Crippen molar-refractivity contribution in [3.63, 3.8) is 0 Å². The fourth-order valence-electron chi connectivity index (χ4n) is 1.74. The minimum absolute atomic E-state index is 0.535. The molecular weight excluding hydrogens is 301 g/mol. The Morgan fingerprint density at radius 3 is 2.74 bits per heavy atom. The number of nitrogens with two attached hydrogens (primary N) is 1. The zero-order valence-electron chi connectivity index (χ0n) is 9.65. The molecule has 0 saturated carbocycles. The highest BCUT2D eigenvalue weighted by atomic mass is 35.5. The lowest BCUT2D eigenvalue weighted by atomic mass is 10.2. The van der Waals surface area contributed by atoms with Crippen LogP contribution in [0.2, 0.25) is 10.0 Å². The molecule has 3 nitrogen and oxygen atoms in total. The summed E-state index contributed by atoms with van der Waals surface area (Å²) in [6.45, 7) is 0. The highest BCUT2D eigenvalue weighted by Gasteiger charge is 2.07. The van der Waals surface area contributed by atoms with Gasteiger partial charge < -0.3 is 5.73 Å². The lowest BCUT2D eigenvalue weighted by Crippen LogP contribution is -1.88. The number of rotatable bonds is 2. The molecule has 0 saturated heterocycles. The lowest BCUT2D eigenvalue weighted by molar-refractivity contribution is 1.12. The minimum Gasteiger partial charge on any atom is -0.398 e. The van der Waals surface area contributed by atoms with E-state index in [4.69, 9.17) is 28.9 Å². The van der Waals surface area contributed by atoms with E-state index in [2.05, 4.69) is 10.2 Å². The van der Waals surface area contributed by atoms with Gasteiger partial charge in [-0.2, -0.15) is 5.10 Å². The molecule has 0 radical (unpaired) electrons. The van der Waals surface area contributed by atoms with Gasteiger partial charge in [0.05, 0.1) is 21.8 Å². The first-order chi connectivity index (χ1) is 9.13. The third-order valence-corrected chi connectivity index (χ3v) is 4.49. The molecule has 2 aromatic carbocycles. The van der Waals surface area contributed by atoms with Gasteiger partial charge in [0.15, 0.2) is 0 Å². The van der Waals surface area contributed by atoms with Crippen molar-refractivity contribution in [1.29, 1.82) is 0 Å². The monoisotopic (exact) mass is 309 g/mol. The number of H-pyrrole nitrogens is 1. The molecule has 3 N–H and O–H groups in total. The normalized spacial score (nSPS) is 11.1. The highest BCUT2D eigenvalue weighted by Crippen LogP contribution is 2.36. The van der Waals surface area contributed by atoms with Crippen molar-refractivity contribution in [3.05, 3.63) is 46.6 Å². The van der Waals surface area contributed by atoms with Gasteiger partial charge in [-0.05, 0) is 30.3 Å². The maximum Gasteiger partial charge on any atom is 0.0663 e. The predicted octanol–water partition coefficient (Wildman–Crippen LogP) is 4.60. The second-order valence-corrected chi connectivity index (χ2v) is 5.96.